The third-order valence-corrected chi connectivity index (χ3v) is 2.64. The minimum atomic E-state index is -0.632. The number of hydrogen-bond donors (Lipinski definition) is 1. The van der Waals surface area contributed by atoms with Crippen LogP contribution in [0.5, 0.6) is 0 Å². The molecule has 2 nitrogen and oxygen atoms in total. The summed E-state index contributed by atoms with van der Waals surface area (Å²) in [7, 11) is 0. The molecule has 0 saturated heterocycles. The summed E-state index contributed by atoms with van der Waals surface area (Å²) in [5.74, 6) is -1.48. The van der Waals surface area contributed by atoms with Gasteiger partial charge in [0.15, 0.2) is 5.78 Å². The summed E-state index contributed by atoms with van der Waals surface area (Å²) in [5.41, 5.74) is 5.96. The number of halogens is 2. The highest BCUT2D eigenvalue weighted by Crippen LogP contribution is 2.26. The molecule has 0 fully saturated rings. The van der Waals surface area contributed by atoms with Gasteiger partial charge in [0.25, 0.3) is 0 Å². The van der Waals surface area contributed by atoms with Crippen LogP contribution in [0.1, 0.15) is 10.4 Å². The lowest BCUT2D eigenvalue weighted by Crippen LogP contribution is -2.13. The standard InChI is InChI=1S/C14H11F2NO/c15-11-2-1-3-12(16)14(11)10-6-4-9(5-7-10)13(18)8-17/h1-7H,8,17H2. The van der Waals surface area contributed by atoms with Gasteiger partial charge in [-0.15, -0.1) is 0 Å². The van der Waals surface area contributed by atoms with Crippen LogP contribution in [-0.4, -0.2) is 12.3 Å². The zero-order valence-corrected chi connectivity index (χ0v) is 9.49. The van der Waals surface area contributed by atoms with Gasteiger partial charge in [-0.3, -0.25) is 4.79 Å². The molecule has 18 heavy (non-hydrogen) atoms. The molecule has 0 aromatic heterocycles. The fraction of sp³-hybridized carbons (Fsp3) is 0.0714. The Balaban J connectivity index is 2.44. The van der Waals surface area contributed by atoms with Crippen LogP contribution in [0.4, 0.5) is 8.78 Å². The number of carbonyl (C=O) groups is 1. The van der Waals surface area contributed by atoms with Gasteiger partial charge in [-0.2, -0.15) is 0 Å². The van der Waals surface area contributed by atoms with Gasteiger partial charge in [0.2, 0.25) is 0 Å². The van der Waals surface area contributed by atoms with Crippen LogP contribution in [0.25, 0.3) is 11.1 Å². The van der Waals surface area contributed by atoms with Crippen molar-refractivity contribution >= 4 is 5.78 Å². The van der Waals surface area contributed by atoms with Gasteiger partial charge in [-0.05, 0) is 17.7 Å². The summed E-state index contributed by atoms with van der Waals surface area (Å²) in [6.07, 6.45) is 0. The van der Waals surface area contributed by atoms with Gasteiger partial charge in [0.1, 0.15) is 11.6 Å². The van der Waals surface area contributed by atoms with Crippen LogP contribution in [0.15, 0.2) is 42.5 Å². The smallest absolute Gasteiger partial charge is 0.176 e. The highest BCUT2D eigenvalue weighted by molar-refractivity contribution is 5.97. The molecule has 0 heterocycles. The second-order valence-electron chi connectivity index (χ2n) is 3.80. The van der Waals surface area contributed by atoms with E-state index in [0.717, 1.165) is 0 Å². The van der Waals surface area contributed by atoms with E-state index >= 15 is 0 Å². The predicted octanol–water partition coefficient (Wildman–Crippen LogP) is 2.77. The number of benzene rings is 2. The van der Waals surface area contributed by atoms with Crippen molar-refractivity contribution in [3.8, 4) is 11.1 Å². The quantitative estimate of drug-likeness (QED) is 0.847. The maximum atomic E-state index is 13.5. The first kappa shape index (κ1) is 12.4. The van der Waals surface area contributed by atoms with Crippen LogP contribution < -0.4 is 5.73 Å². The molecule has 92 valence electrons. The number of Topliss-reactive ketones (excluding diaryl/α,β-unsaturated/α-hetero) is 1. The van der Waals surface area contributed by atoms with Gasteiger partial charge in [-0.25, -0.2) is 8.78 Å². The third-order valence-electron chi connectivity index (χ3n) is 2.64. The first-order chi connectivity index (χ1) is 8.63. The van der Waals surface area contributed by atoms with E-state index in [1.807, 2.05) is 0 Å². The van der Waals surface area contributed by atoms with Crippen LogP contribution in [-0.2, 0) is 0 Å². The normalized spacial score (nSPS) is 10.4. The van der Waals surface area contributed by atoms with Crippen LogP contribution >= 0.6 is 0 Å². The maximum Gasteiger partial charge on any atom is 0.176 e. The Bertz CT molecular complexity index is 559. The summed E-state index contributed by atoms with van der Waals surface area (Å²) in [5, 5.41) is 0. The topological polar surface area (TPSA) is 43.1 Å². The van der Waals surface area contributed by atoms with Crippen molar-refractivity contribution in [2.45, 2.75) is 0 Å². The number of rotatable bonds is 3. The van der Waals surface area contributed by atoms with Crippen molar-refractivity contribution in [3.05, 3.63) is 59.7 Å². The van der Waals surface area contributed by atoms with Crippen molar-refractivity contribution in [2.24, 2.45) is 5.73 Å². The SMILES string of the molecule is NCC(=O)c1ccc(-c2c(F)cccc2F)cc1. The van der Waals surface area contributed by atoms with E-state index in [4.69, 9.17) is 5.73 Å². The van der Waals surface area contributed by atoms with E-state index in [1.54, 1.807) is 0 Å². The molecular formula is C14H11F2NO. The van der Waals surface area contributed by atoms with Crippen LogP contribution in [0, 0.1) is 11.6 Å². The van der Waals surface area contributed by atoms with Crippen molar-refractivity contribution < 1.29 is 13.6 Å². The zero-order chi connectivity index (χ0) is 13.1. The number of carbonyl (C=O) groups excluding carboxylic acids is 1. The molecule has 0 atom stereocenters. The van der Waals surface area contributed by atoms with Gasteiger partial charge >= 0.3 is 0 Å². The summed E-state index contributed by atoms with van der Waals surface area (Å²) in [6, 6.07) is 9.72. The Morgan fingerprint density at radius 3 is 2.06 bits per heavy atom. The second kappa shape index (κ2) is 5.06. The molecule has 2 rings (SSSR count). The van der Waals surface area contributed by atoms with Crippen molar-refractivity contribution in [1.82, 2.24) is 0 Å². The monoisotopic (exact) mass is 247 g/mol. The zero-order valence-electron chi connectivity index (χ0n) is 9.49. The molecule has 0 aliphatic heterocycles. The largest absolute Gasteiger partial charge is 0.324 e. The summed E-state index contributed by atoms with van der Waals surface area (Å²) < 4.78 is 27.1. The average molecular weight is 247 g/mol. The van der Waals surface area contributed by atoms with Crippen LogP contribution in [0.3, 0.4) is 0 Å². The van der Waals surface area contributed by atoms with E-state index in [-0.39, 0.29) is 17.9 Å². The fourth-order valence-corrected chi connectivity index (χ4v) is 1.71. The maximum absolute atomic E-state index is 13.5. The molecule has 0 aliphatic rings. The van der Waals surface area contributed by atoms with E-state index in [9.17, 15) is 13.6 Å². The molecule has 0 bridgehead atoms. The van der Waals surface area contributed by atoms with Gasteiger partial charge in [0, 0.05) is 5.56 Å². The predicted molar refractivity (Wildman–Crippen MR) is 65.2 cm³/mol. The molecule has 0 amide bonds. The first-order valence-corrected chi connectivity index (χ1v) is 5.41. The molecule has 0 radical (unpaired) electrons. The molecule has 0 saturated carbocycles. The van der Waals surface area contributed by atoms with E-state index in [0.29, 0.717) is 11.1 Å². The Labute approximate surface area is 103 Å². The number of nitrogens with two attached hydrogens (primary N) is 1. The lowest BCUT2D eigenvalue weighted by atomic mass is 10.0. The lowest BCUT2D eigenvalue weighted by molar-refractivity contribution is 0.100. The van der Waals surface area contributed by atoms with E-state index in [1.165, 1.54) is 42.5 Å². The number of hydrogen-bond acceptors (Lipinski definition) is 2. The minimum absolute atomic E-state index is 0.0899. The first-order valence-electron chi connectivity index (χ1n) is 5.41. The second-order valence-corrected chi connectivity index (χ2v) is 3.80. The molecular weight excluding hydrogens is 236 g/mol. The summed E-state index contributed by atoms with van der Waals surface area (Å²) >= 11 is 0. The fourth-order valence-electron chi connectivity index (χ4n) is 1.71. The summed E-state index contributed by atoms with van der Waals surface area (Å²) in [6.45, 7) is -0.0899. The van der Waals surface area contributed by atoms with Crippen LogP contribution in [0.2, 0.25) is 0 Å². The van der Waals surface area contributed by atoms with Gasteiger partial charge in [-0.1, -0.05) is 30.3 Å². The molecule has 0 spiro atoms. The Morgan fingerprint density at radius 1 is 1.00 bits per heavy atom. The van der Waals surface area contributed by atoms with Gasteiger partial charge < -0.3 is 5.73 Å². The minimum Gasteiger partial charge on any atom is -0.324 e. The summed E-state index contributed by atoms with van der Waals surface area (Å²) in [4.78, 5) is 11.3. The Morgan fingerprint density at radius 2 is 1.56 bits per heavy atom. The third kappa shape index (κ3) is 2.28. The van der Waals surface area contributed by atoms with E-state index < -0.39 is 11.6 Å². The molecule has 4 heteroatoms. The Kier molecular flexibility index (Phi) is 3.48. The molecule has 2 N–H and O–H groups in total. The van der Waals surface area contributed by atoms with Crippen molar-refractivity contribution in [1.29, 1.82) is 0 Å². The average Bonchev–Trinajstić information content (AvgIpc) is 2.38. The molecule has 2 aromatic carbocycles. The van der Waals surface area contributed by atoms with E-state index in [2.05, 4.69) is 0 Å². The highest BCUT2D eigenvalue weighted by Gasteiger charge is 2.11. The highest BCUT2D eigenvalue weighted by atomic mass is 19.1. The van der Waals surface area contributed by atoms with Crippen molar-refractivity contribution in [3.63, 3.8) is 0 Å². The lowest BCUT2D eigenvalue weighted by Gasteiger charge is -2.06. The van der Waals surface area contributed by atoms with Gasteiger partial charge in [0.05, 0.1) is 12.1 Å². The molecule has 0 unspecified atom stereocenters. The Hall–Kier alpha value is -2.07. The number of ketones is 1. The molecule has 2 aromatic rings. The molecule has 0 aliphatic carbocycles. The van der Waals surface area contributed by atoms with Crippen molar-refractivity contribution in [2.75, 3.05) is 6.54 Å².